The quantitative estimate of drug-likeness (QED) is 0.246. The Morgan fingerprint density at radius 2 is 1.64 bits per heavy atom. The van der Waals surface area contributed by atoms with Gasteiger partial charge in [0.05, 0.1) is 32.4 Å². The van der Waals surface area contributed by atoms with Gasteiger partial charge in [0, 0.05) is 6.07 Å². The molecule has 0 radical (unpaired) electrons. The highest BCUT2D eigenvalue weighted by Crippen LogP contribution is 2.55. The van der Waals surface area contributed by atoms with Gasteiger partial charge in [0.25, 0.3) is 5.69 Å². The molecule has 1 N–H and O–H groups in total. The number of carbonyl (C=O) groups excluding carboxylic acids is 2. The van der Waals surface area contributed by atoms with E-state index in [-0.39, 0.29) is 24.6 Å². The number of rotatable bonds is 11. The third kappa shape index (κ3) is 5.51. The number of hydrogen-bond donors (Lipinski definition) is 1. The molecular weight excluding hydrogens is 395 g/mol. The fourth-order valence-corrected chi connectivity index (χ4v) is 4.48. The number of carbonyl (C=O) groups is 2. The Kier molecular flexibility index (Phi) is 9.04. The molecule has 1 aromatic carbocycles. The first-order chi connectivity index (χ1) is 13.2. The summed E-state index contributed by atoms with van der Waals surface area (Å²) in [6.45, 7) is 2.90. The van der Waals surface area contributed by atoms with Crippen LogP contribution in [0.5, 0.6) is 0 Å². The SMILES string of the molecule is CCOP(=O)(OCC)C(C(=O)OC)C(Nc1ccccc1[N+](=O)[O-])C(=O)OC. The van der Waals surface area contributed by atoms with Crippen LogP contribution in [0.1, 0.15) is 13.8 Å². The summed E-state index contributed by atoms with van der Waals surface area (Å²) in [5, 5.41) is 13.8. The maximum atomic E-state index is 13.3. The van der Waals surface area contributed by atoms with Gasteiger partial charge in [-0.15, -0.1) is 0 Å². The molecule has 0 spiro atoms. The van der Waals surface area contributed by atoms with Gasteiger partial charge in [-0.05, 0) is 19.9 Å². The number of ether oxygens (including phenoxy) is 2. The fourth-order valence-electron chi connectivity index (χ4n) is 2.44. The zero-order valence-corrected chi connectivity index (χ0v) is 16.8. The lowest BCUT2D eigenvalue weighted by atomic mass is 10.1. The molecule has 12 heteroatoms. The zero-order valence-electron chi connectivity index (χ0n) is 15.9. The molecule has 28 heavy (non-hydrogen) atoms. The normalized spacial score (nSPS) is 13.3. The molecule has 156 valence electrons. The molecule has 0 bridgehead atoms. The molecule has 0 amide bonds. The van der Waals surface area contributed by atoms with Crippen molar-refractivity contribution >= 4 is 30.9 Å². The highest BCUT2D eigenvalue weighted by Gasteiger charge is 2.51. The van der Waals surface area contributed by atoms with Crippen LogP contribution in [-0.4, -0.2) is 56.0 Å². The highest BCUT2D eigenvalue weighted by molar-refractivity contribution is 7.55. The third-order valence-corrected chi connectivity index (χ3v) is 6.01. The number of nitro benzene ring substituents is 1. The van der Waals surface area contributed by atoms with E-state index in [2.05, 4.69) is 10.1 Å². The fraction of sp³-hybridized carbons (Fsp3) is 0.500. The number of esters is 2. The molecule has 0 aliphatic heterocycles. The summed E-state index contributed by atoms with van der Waals surface area (Å²) in [5.41, 5.74) is -2.20. The number of nitrogens with one attached hydrogen (secondary N) is 1. The van der Waals surface area contributed by atoms with Crippen molar-refractivity contribution in [3.05, 3.63) is 34.4 Å². The molecular formula is C16H23N2O9P. The van der Waals surface area contributed by atoms with Crippen LogP contribution in [-0.2, 0) is 32.7 Å². The average Bonchev–Trinajstić information content (AvgIpc) is 2.67. The molecule has 0 saturated carbocycles. The molecule has 2 unspecified atom stereocenters. The number of methoxy groups -OCH3 is 2. The molecule has 11 nitrogen and oxygen atoms in total. The Morgan fingerprint density at radius 1 is 1.11 bits per heavy atom. The largest absolute Gasteiger partial charge is 0.468 e. The maximum Gasteiger partial charge on any atom is 0.347 e. The first kappa shape index (κ1) is 23.5. The smallest absolute Gasteiger partial charge is 0.347 e. The van der Waals surface area contributed by atoms with Crippen molar-refractivity contribution in [2.24, 2.45) is 0 Å². The third-order valence-electron chi connectivity index (χ3n) is 3.58. The van der Waals surface area contributed by atoms with Crippen molar-refractivity contribution in [2.75, 3.05) is 32.8 Å². The van der Waals surface area contributed by atoms with Gasteiger partial charge in [-0.25, -0.2) is 4.79 Å². The number of nitro groups is 1. The Balaban J connectivity index is 3.52. The van der Waals surface area contributed by atoms with E-state index in [0.29, 0.717) is 0 Å². The molecule has 0 heterocycles. The standard InChI is InChI=1S/C16H23N2O9P/c1-5-26-28(23,27-6-2)14(16(20)25-4)13(15(19)24-3)17-11-9-7-8-10-12(11)18(21)22/h7-10,13-14,17H,5-6H2,1-4H3. The average molecular weight is 418 g/mol. The minimum absolute atomic E-state index is 0.0792. The van der Waals surface area contributed by atoms with E-state index in [1.807, 2.05) is 0 Å². The van der Waals surface area contributed by atoms with Crippen LogP contribution in [0.25, 0.3) is 0 Å². The van der Waals surface area contributed by atoms with E-state index in [1.54, 1.807) is 0 Å². The summed E-state index contributed by atoms with van der Waals surface area (Å²) >= 11 is 0. The summed E-state index contributed by atoms with van der Waals surface area (Å²) in [5.74, 6) is -2.07. The van der Waals surface area contributed by atoms with Gasteiger partial charge >= 0.3 is 19.5 Å². The monoisotopic (exact) mass is 418 g/mol. The molecule has 0 aromatic heterocycles. The van der Waals surface area contributed by atoms with Crippen LogP contribution < -0.4 is 5.32 Å². The Labute approximate surface area is 162 Å². The van der Waals surface area contributed by atoms with E-state index >= 15 is 0 Å². The van der Waals surface area contributed by atoms with Crippen molar-refractivity contribution in [2.45, 2.75) is 25.5 Å². The highest BCUT2D eigenvalue weighted by atomic mass is 31.2. The second kappa shape index (κ2) is 10.7. The molecule has 0 fully saturated rings. The molecule has 0 saturated heterocycles. The summed E-state index contributed by atoms with van der Waals surface area (Å²) in [6, 6.07) is 3.81. The van der Waals surface area contributed by atoms with Gasteiger partial charge in [0.15, 0.2) is 5.66 Å². The predicted octanol–water partition coefficient (Wildman–Crippen LogP) is 2.36. The lowest BCUT2D eigenvalue weighted by Crippen LogP contribution is -2.47. The molecule has 2 atom stereocenters. The Morgan fingerprint density at radius 3 is 2.11 bits per heavy atom. The van der Waals surface area contributed by atoms with Crippen molar-refractivity contribution < 1.29 is 37.6 Å². The molecule has 1 rings (SSSR count). The molecule has 1 aromatic rings. The van der Waals surface area contributed by atoms with Gasteiger partial charge in [0.1, 0.15) is 11.7 Å². The summed E-state index contributed by atoms with van der Waals surface area (Å²) in [4.78, 5) is 35.4. The molecule has 0 aliphatic carbocycles. The van der Waals surface area contributed by atoms with Crippen LogP contribution in [0, 0.1) is 10.1 Å². The van der Waals surface area contributed by atoms with E-state index < -0.39 is 36.2 Å². The van der Waals surface area contributed by atoms with E-state index in [1.165, 1.54) is 38.1 Å². The van der Waals surface area contributed by atoms with Crippen molar-refractivity contribution in [1.82, 2.24) is 0 Å². The second-order valence-electron chi connectivity index (χ2n) is 5.26. The number of para-hydroxylation sites is 2. The van der Waals surface area contributed by atoms with E-state index in [4.69, 9.17) is 13.8 Å². The molecule has 0 aliphatic rings. The van der Waals surface area contributed by atoms with Crippen molar-refractivity contribution in [3.63, 3.8) is 0 Å². The number of nitrogens with zero attached hydrogens (tertiary/aromatic N) is 1. The number of hydrogen-bond acceptors (Lipinski definition) is 10. The maximum absolute atomic E-state index is 13.3. The van der Waals surface area contributed by atoms with E-state index in [0.717, 1.165) is 14.2 Å². The minimum atomic E-state index is -4.21. The number of benzene rings is 1. The van der Waals surface area contributed by atoms with Gasteiger partial charge in [-0.3, -0.25) is 19.5 Å². The Bertz CT molecular complexity index is 745. The second-order valence-corrected chi connectivity index (χ2v) is 7.42. The van der Waals surface area contributed by atoms with Crippen molar-refractivity contribution in [1.29, 1.82) is 0 Å². The summed E-state index contributed by atoms with van der Waals surface area (Å²) < 4.78 is 33.0. The van der Waals surface area contributed by atoms with E-state index in [9.17, 15) is 24.3 Å². The van der Waals surface area contributed by atoms with Gasteiger partial charge in [-0.2, -0.15) is 0 Å². The van der Waals surface area contributed by atoms with Crippen LogP contribution in [0.3, 0.4) is 0 Å². The predicted molar refractivity (Wildman–Crippen MR) is 99.2 cm³/mol. The lowest BCUT2D eigenvalue weighted by Gasteiger charge is -2.30. The Hall–Kier alpha value is -2.49. The van der Waals surface area contributed by atoms with Gasteiger partial charge in [-0.1, -0.05) is 12.1 Å². The first-order valence-electron chi connectivity index (χ1n) is 8.30. The van der Waals surface area contributed by atoms with Crippen molar-refractivity contribution in [3.8, 4) is 0 Å². The number of anilines is 1. The lowest BCUT2D eigenvalue weighted by molar-refractivity contribution is -0.384. The first-order valence-corrected chi connectivity index (χ1v) is 9.91. The van der Waals surface area contributed by atoms with Crippen LogP contribution in [0.4, 0.5) is 11.4 Å². The van der Waals surface area contributed by atoms with Crippen LogP contribution >= 0.6 is 7.60 Å². The zero-order chi connectivity index (χ0) is 21.3. The topological polar surface area (TPSA) is 143 Å². The van der Waals surface area contributed by atoms with Crippen LogP contribution in [0.2, 0.25) is 0 Å². The van der Waals surface area contributed by atoms with Gasteiger partial charge in [0.2, 0.25) is 0 Å². The minimum Gasteiger partial charge on any atom is -0.468 e. The van der Waals surface area contributed by atoms with Crippen LogP contribution in [0.15, 0.2) is 24.3 Å². The summed E-state index contributed by atoms with van der Waals surface area (Å²) in [6.07, 6.45) is 0. The van der Waals surface area contributed by atoms with Gasteiger partial charge < -0.3 is 23.8 Å². The summed E-state index contributed by atoms with van der Waals surface area (Å²) in [7, 11) is -2.12.